The second-order valence-corrected chi connectivity index (χ2v) is 7.72. The number of fused-ring (bicyclic) bond motifs is 5. The zero-order chi connectivity index (χ0) is 21.2. The van der Waals surface area contributed by atoms with Crippen molar-refractivity contribution in [2.75, 3.05) is 11.1 Å². The number of aryl methyl sites for hydroxylation is 2. The van der Waals surface area contributed by atoms with E-state index in [2.05, 4.69) is 10.3 Å². The lowest BCUT2D eigenvalue weighted by Gasteiger charge is -2.22. The maximum atomic E-state index is 13.3. The number of nitrogens with zero attached hydrogens (tertiary/aromatic N) is 1. The Hall–Kier alpha value is -3.71. The summed E-state index contributed by atoms with van der Waals surface area (Å²) in [6.45, 7) is 3.89. The van der Waals surface area contributed by atoms with Crippen molar-refractivity contribution >= 4 is 23.1 Å². The fourth-order valence-electron chi connectivity index (χ4n) is 4.22. The molecule has 4 N–H and O–H groups in total. The van der Waals surface area contributed by atoms with Crippen LogP contribution in [0.3, 0.4) is 0 Å². The first-order valence-electron chi connectivity index (χ1n) is 9.52. The van der Waals surface area contributed by atoms with Crippen LogP contribution in [0.4, 0.5) is 11.4 Å². The summed E-state index contributed by atoms with van der Waals surface area (Å²) in [4.78, 5) is 29.7. The van der Waals surface area contributed by atoms with Crippen LogP contribution in [0.5, 0.6) is 5.75 Å². The SMILES string of the molecule is Cc1cc2c(cc1C)C1C(=O)c3c(ccc(NC(=O)c4cccnc4)c3N)C1(O)O2. The molecule has 0 fully saturated rings. The number of Topliss-reactive ketones (excluding diaryl/α,β-unsaturated/α-hetero) is 1. The zero-order valence-corrected chi connectivity index (χ0v) is 16.4. The van der Waals surface area contributed by atoms with Gasteiger partial charge in [0, 0.05) is 23.5 Å². The van der Waals surface area contributed by atoms with E-state index in [0.717, 1.165) is 11.1 Å². The van der Waals surface area contributed by atoms with Crippen LogP contribution in [0.25, 0.3) is 0 Å². The Labute approximate surface area is 172 Å². The number of nitrogen functional groups attached to an aromatic ring is 1. The summed E-state index contributed by atoms with van der Waals surface area (Å²) in [5.41, 5.74) is 10.2. The standard InChI is InChI=1S/C23H19N3O4/c1-11-8-14-17(9-12(11)2)30-23(29)15-5-6-16(20(24)18(15)21(27)19(14)23)26-22(28)13-4-3-7-25-10-13/h3-10,19,29H,24H2,1-2H3,(H,26,28). The summed E-state index contributed by atoms with van der Waals surface area (Å²) in [5, 5.41) is 14.0. The normalized spacial score (nSPS) is 20.9. The highest BCUT2D eigenvalue weighted by Crippen LogP contribution is 2.57. The van der Waals surface area contributed by atoms with Crippen molar-refractivity contribution in [3.05, 3.63) is 82.2 Å². The van der Waals surface area contributed by atoms with Gasteiger partial charge in [-0.25, -0.2) is 0 Å². The molecule has 2 unspecified atom stereocenters. The largest absolute Gasteiger partial charge is 0.457 e. The lowest BCUT2D eigenvalue weighted by molar-refractivity contribution is -0.134. The van der Waals surface area contributed by atoms with Crippen LogP contribution in [0.15, 0.2) is 48.8 Å². The van der Waals surface area contributed by atoms with E-state index in [9.17, 15) is 14.7 Å². The highest BCUT2D eigenvalue weighted by molar-refractivity contribution is 6.14. The Morgan fingerprint density at radius 3 is 2.73 bits per heavy atom. The lowest BCUT2D eigenvalue weighted by Crippen LogP contribution is -2.32. The molecule has 0 saturated heterocycles. The molecule has 0 radical (unpaired) electrons. The number of ketones is 1. The number of hydrogen-bond donors (Lipinski definition) is 3. The van der Waals surface area contributed by atoms with Gasteiger partial charge in [0.2, 0.25) is 5.79 Å². The van der Waals surface area contributed by atoms with E-state index in [-0.39, 0.29) is 17.0 Å². The third-order valence-electron chi connectivity index (χ3n) is 5.91. The Kier molecular flexibility index (Phi) is 3.75. The smallest absolute Gasteiger partial charge is 0.257 e. The van der Waals surface area contributed by atoms with Gasteiger partial charge in [-0.3, -0.25) is 14.6 Å². The van der Waals surface area contributed by atoms with E-state index in [1.165, 1.54) is 6.20 Å². The number of benzene rings is 2. The monoisotopic (exact) mass is 401 g/mol. The van der Waals surface area contributed by atoms with Gasteiger partial charge in [-0.15, -0.1) is 0 Å². The first kappa shape index (κ1) is 18.3. The summed E-state index contributed by atoms with van der Waals surface area (Å²) in [5.74, 6) is -2.93. The second-order valence-electron chi connectivity index (χ2n) is 7.72. The molecule has 2 aromatic carbocycles. The minimum absolute atomic E-state index is 0.103. The van der Waals surface area contributed by atoms with Crippen LogP contribution in [-0.4, -0.2) is 21.8 Å². The minimum atomic E-state index is -1.81. The highest BCUT2D eigenvalue weighted by Gasteiger charge is 2.60. The van der Waals surface area contributed by atoms with Gasteiger partial charge < -0.3 is 20.9 Å². The molecule has 2 heterocycles. The number of aromatic nitrogens is 1. The number of pyridine rings is 1. The predicted octanol–water partition coefficient (Wildman–Crippen LogP) is 3.05. The van der Waals surface area contributed by atoms with Crippen LogP contribution in [0.1, 0.15) is 48.9 Å². The van der Waals surface area contributed by atoms with Gasteiger partial charge >= 0.3 is 0 Å². The number of nitrogens with one attached hydrogen (secondary N) is 1. The highest BCUT2D eigenvalue weighted by atomic mass is 16.6. The van der Waals surface area contributed by atoms with Gasteiger partial charge in [0.05, 0.1) is 22.5 Å². The number of rotatable bonds is 2. The van der Waals surface area contributed by atoms with E-state index < -0.39 is 17.6 Å². The number of anilines is 2. The Morgan fingerprint density at radius 1 is 1.23 bits per heavy atom. The van der Waals surface area contributed by atoms with Crippen molar-refractivity contribution in [1.82, 2.24) is 4.98 Å². The molecule has 1 aliphatic heterocycles. The molecule has 150 valence electrons. The maximum absolute atomic E-state index is 13.3. The second kappa shape index (κ2) is 6.14. The molecule has 0 spiro atoms. The fraction of sp³-hybridized carbons (Fsp3) is 0.174. The Balaban J connectivity index is 1.56. The van der Waals surface area contributed by atoms with Crippen molar-refractivity contribution in [2.45, 2.75) is 25.6 Å². The molecular weight excluding hydrogens is 382 g/mol. The summed E-state index contributed by atoms with van der Waals surface area (Å²) in [7, 11) is 0. The topological polar surface area (TPSA) is 115 Å². The Morgan fingerprint density at radius 2 is 2.00 bits per heavy atom. The van der Waals surface area contributed by atoms with Gasteiger partial charge in [0.25, 0.3) is 5.91 Å². The number of ether oxygens (including phenoxy) is 1. The fourth-order valence-corrected chi connectivity index (χ4v) is 4.22. The molecule has 7 nitrogen and oxygen atoms in total. The van der Waals surface area contributed by atoms with Crippen molar-refractivity contribution in [2.24, 2.45) is 0 Å². The molecule has 7 heteroatoms. The molecular formula is C23H19N3O4. The van der Waals surface area contributed by atoms with Crippen molar-refractivity contribution in [3.63, 3.8) is 0 Å². The summed E-state index contributed by atoms with van der Waals surface area (Å²) in [6, 6.07) is 10.1. The molecule has 2 atom stereocenters. The minimum Gasteiger partial charge on any atom is -0.457 e. The van der Waals surface area contributed by atoms with Crippen LogP contribution in [0.2, 0.25) is 0 Å². The quantitative estimate of drug-likeness (QED) is 0.569. The molecule has 1 aromatic heterocycles. The van der Waals surface area contributed by atoms with Crippen molar-refractivity contribution < 1.29 is 19.4 Å². The molecule has 0 saturated carbocycles. The van der Waals surface area contributed by atoms with Gasteiger partial charge in [-0.05, 0) is 55.3 Å². The zero-order valence-electron chi connectivity index (χ0n) is 16.4. The van der Waals surface area contributed by atoms with Crippen molar-refractivity contribution in [1.29, 1.82) is 0 Å². The third kappa shape index (κ3) is 2.39. The number of carbonyl (C=O) groups excluding carboxylic acids is 2. The van der Waals surface area contributed by atoms with E-state index in [1.807, 2.05) is 26.0 Å². The first-order chi connectivity index (χ1) is 14.3. The van der Waals surface area contributed by atoms with Crippen LogP contribution in [-0.2, 0) is 5.79 Å². The van der Waals surface area contributed by atoms with E-state index in [1.54, 1.807) is 30.5 Å². The first-order valence-corrected chi connectivity index (χ1v) is 9.52. The van der Waals surface area contributed by atoms with Gasteiger partial charge in [-0.1, -0.05) is 6.07 Å². The number of aliphatic hydroxyl groups is 1. The average molecular weight is 401 g/mol. The summed E-state index contributed by atoms with van der Waals surface area (Å²) >= 11 is 0. The van der Waals surface area contributed by atoms with Crippen molar-refractivity contribution in [3.8, 4) is 5.75 Å². The van der Waals surface area contributed by atoms with Gasteiger partial charge in [0.1, 0.15) is 11.7 Å². The maximum Gasteiger partial charge on any atom is 0.257 e. The van der Waals surface area contributed by atoms with E-state index in [0.29, 0.717) is 28.1 Å². The van der Waals surface area contributed by atoms with Gasteiger partial charge in [-0.2, -0.15) is 0 Å². The van der Waals surface area contributed by atoms with Crippen LogP contribution in [0, 0.1) is 13.8 Å². The number of nitrogens with two attached hydrogens (primary N) is 1. The molecule has 2 aliphatic rings. The third-order valence-corrected chi connectivity index (χ3v) is 5.91. The lowest BCUT2D eigenvalue weighted by atomic mass is 9.90. The van der Waals surface area contributed by atoms with E-state index >= 15 is 0 Å². The molecule has 1 aliphatic carbocycles. The van der Waals surface area contributed by atoms with Crippen LogP contribution >= 0.6 is 0 Å². The number of hydrogen-bond acceptors (Lipinski definition) is 6. The molecule has 0 bridgehead atoms. The van der Waals surface area contributed by atoms with E-state index in [4.69, 9.17) is 10.5 Å². The van der Waals surface area contributed by atoms with Crippen LogP contribution < -0.4 is 15.8 Å². The Bertz CT molecular complexity index is 1240. The molecule has 30 heavy (non-hydrogen) atoms. The molecule has 3 aromatic rings. The summed E-state index contributed by atoms with van der Waals surface area (Å²) in [6.07, 6.45) is 3.01. The molecule has 1 amide bonds. The number of carbonyl (C=O) groups is 2. The predicted molar refractivity (Wildman–Crippen MR) is 111 cm³/mol. The molecule has 5 rings (SSSR count). The summed E-state index contributed by atoms with van der Waals surface area (Å²) < 4.78 is 5.88. The number of amides is 1. The average Bonchev–Trinajstić information content (AvgIpc) is 3.13. The van der Waals surface area contributed by atoms with Gasteiger partial charge in [0.15, 0.2) is 5.78 Å².